The molecule has 0 spiro atoms. The Balaban J connectivity index is 1.57. The van der Waals surface area contributed by atoms with Gasteiger partial charge in [-0.15, -0.1) is 11.3 Å². The van der Waals surface area contributed by atoms with Crippen LogP contribution in [0.15, 0.2) is 65.3 Å². The van der Waals surface area contributed by atoms with Crippen molar-refractivity contribution in [3.8, 4) is 5.69 Å². The van der Waals surface area contributed by atoms with Crippen molar-refractivity contribution in [2.24, 2.45) is 5.10 Å². The molecule has 2 aromatic heterocycles. The van der Waals surface area contributed by atoms with E-state index in [1.165, 1.54) is 16.9 Å². The maximum Gasteiger partial charge on any atom is 0.283 e. The van der Waals surface area contributed by atoms with Crippen LogP contribution in [-0.2, 0) is 6.42 Å². The van der Waals surface area contributed by atoms with Crippen LogP contribution < -0.4 is 5.43 Å². The van der Waals surface area contributed by atoms with Gasteiger partial charge in [0.1, 0.15) is 4.88 Å². The van der Waals surface area contributed by atoms with Crippen molar-refractivity contribution in [2.75, 3.05) is 0 Å². The third-order valence-electron chi connectivity index (χ3n) is 4.21. The van der Waals surface area contributed by atoms with Crippen LogP contribution in [0.4, 0.5) is 0 Å². The Morgan fingerprint density at radius 1 is 1.08 bits per heavy atom. The molecule has 5 heteroatoms. The highest BCUT2D eigenvalue weighted by atomic mass is 32.1. The van der Waals surface area contributed by atoms with E-state index in [2.05, 4.69) is 28.7 Å². The number of hydrogen-bond acceptors (Lipinski definition) is 3. The van der Waals surface area contributed by atoms with Crippen LogP contribution in [0.25, 0.3) is 5.69 Å². The molecule has 1 aliphatic carbocycles. The number of benzene rings is 1. The smallest absolute Gasteiger partial charge is 0.283 e. The molecule has 2 heterocycles. The lowest BCUT2D eigenvalue weighted by molar-refractivity contribution is 0.0959. The molecule has 0 saturated carbocycles. The van der Waals surface area contributed by atoms with Gasteiger partial charge in [0.15, 0.2) is 0 Å². The topological polar surface area (TPSA) is 46.4 Å². The molecule has 120 valence electrons. The predicted octanol–water partition coefficient (Wildman–Crippen LogP) is 4.01. The summed E-state index contributed by atoms with van der Waals surface area (Å²) in [6.07, 6.45) is 6.90. The molecule has 0 atom stereocenters. The van der Waals surface area contributed by atoms with Crippen LogP contribution in [0, 0.1) is 0 Å². The first-order valence-electron chi connectivity index (χ1n) is 7.99. The van der Waals surface area contributed by atoms with E-state index >= 15 is 0 Å². The van der Waals surface area contributed by atoms with E-state index in [1.54, 1.807) is 0 Å². The second-order valence-electron chi connectivity index (χ2n) is 5.74. The summed E-state index contributed by atoms with van der Waals surface area (Å²) in [6.45, 7) is 0. The Morgan fingerprint density at radius 2 is 1.92 bits per heavy atom. The Kier molecular flexibility index (Phi) is 4.01. The van der Waals surface area contributed by atoms with Gasteiger partial charge >= 0.3 is 0 Å². The molecule has 1 N–H and O–H groups in total. The predicted molar refractivity (Wildman–Crippen MR) is 97.0 cm³/mol. The van der Waals surface area contributed by atoms with Gasteiger partial charge in [-0.05, 0) is 48.4 Å². The van der Waals surface area contributed by atoms with Crippen molar-refractivity contribution >= 4 is 23.0 Å². The number of rotatable bonds is 3. The second kappa shape index (κ2) is 6.45. The Bertz CT molecular complexity index is 893. The van der Waals surface area contributed by atoms with Crippen molar-refractivity contribution in [1.82, 2.24) is 9.99 Å². The van der Waals surface area contributed by atoms with Gasteiger partial charge in [0.25, 0.3) is 5.91 Å². The van der Waals surface area contributed by atoms with Crippen molar-refractivity contribution in [2.45, 2.75) is 19.3 Å². The summed E-state index contributed by atoms with van der Waals surface area (Å²) in [5, 5.41) is 6.34. The highest BCUT2D eigenvalue weighted by Gasteiger charge is 2.17. The fourth-order valence-corrected chi connectivity index (χ4v) is 3.84. The van der Waals surface area contributed by atoms with Gasteiger partial charge in [-0.2, -0.15) is 5.10 Å². The number of carbonyl (C=O) groups excluding carboxylic acids is 1. The zero-order valence-corrected chi connectivity index (χ0v) is 13.9. The lowest BCUT2D eigenvalue weighted by Gasteiger charge is -2.17. The monoisotopic (exact) mass is 335 g/mol. The van der Waals surface area contributed by atoms with Gasteiger partial charge in [-0.3, -0.25) is 4.79 Å². The van der Waals surface area contributed by atoms with Crippen molar-refractivity contribution in [3.05, 3.63) is 76.2 Å². The third kappa shape index (κ3) is 2.78. The van der Waals surface area contributed by atoms with E-state index in [-0.39, 0.29) is 5.91 Å². The Hall–Kier alpha value is -2.66. The number of carbonyl (C=O) groups is 1. The number of thiophene rings is 1. The second-order valence-corrected chi connectivity index (χ2v) is 6.65. The van der Waals surface area contributed by atoms with Gasteiger partial charge in [-0.25, -0.2) is 5.43 Å². The van der Waals surface area contributed by atoms with E-state index < -0.39 is 0 Å². The summed E-state index contributed by atoms with van der Waals surface area (Å²) in [4.78, 5) is 13.2. The number of fused-ring (bicyclic) bond motifs is 1. The van der Waals surface area contributed by atoms with Crippen LogP contribution in [-0.4, -0.2) is 16.2 Å². The highest BCUT2D eigenvalue weighted by Crippen LogP contribution is 2.23. The van der Waals surface area contributed by atoms with E-state index in [0.29, 0.717) is 4.88 Å². The van der Waals surface area contributed by atoms with Crippen molar-refractivity contribution in [3.63, 3.8) is 0 Å². The minimum Gasteiger partial charge on any atom is -0.322 e. The Morgan fingerprint density at radius 3 is 2.79 bits per heavy atom. The first-order chi connectivity index (χ1) is 11.8. The molecular formula is C19H17N3OS. The zero-order valence-electron chi connectivity index (χ0n) is 13.1. The van der Waals surface area contributed by atoms with Gasteiger partial charge < -0.3 is 4.57 Å². The number of aromatic nitrogens is 1. The largest absolute Gasteiger partial charge is 0.322 e. The van der Waals surface area contributed by atoms with Gasteiger partial charge in [-0.1, -0.05) is 24.3 Å². The SMILES string of the molecule is O=C(N/N=C1/CCCc2ccccc21)c1sccc1-n1cccc1. The minimum absolute atomic E-state index is 0.163. The molecule has 0 radical (unpaired) electrons. The summed E-state index contributed by atoms with van der Waals surface area (Å²) < 4.78 is 1.94. The molecule has 4 rings (SSSR count). The number of nitrogens with zero attached hydrogens (tertiary/aromatic N) is 2. The fourth-order valence-electron chi connectivity index (χ4n) is 3.06. The molecule has 0 bridgehead atoms. The number of aryl methyl sites for hydroxylation is 1. The van der Waals surface area contributed by atoms with Crippen molar-refractivity contribution < 1.29 is 4.79 Å². The molecule has 0 saturated heterocycles. The summed E-state index contributed by atoms with van der Waals surface area (Å²) in [7, 11) is 0. The van der Waals surface area contributed by atoms with Crippen LogP contribution >= 0.6 is 11.3 Å². The molecule has 1 aliphatic rings. The lowest BCUT2D eigenvalue weighted by Crippen LogP contribution is -2.22. The number of amides is 1. The van der Waals surface area contributed by atoms with Crippen LogP contribution in [0.2, 0.25) is 0 Å². The van der Waals surface area contributed by atoms with Gasteiger partial charge in [0, 0.05) is 18.0 Å². The summed E-state index contributed by atoms with van der Waals surface area (Å²) in [5.74, 6) is -0.163. The highest BCUT2D eigenvalue weighted by molar-refractivity contribution is 7.12. The summed E-state index contributed by atoms with van der Waals surface area (Å²) >= 11 is 1.43. The average Bonchev–Trinajstić information content (AvgIpc) is 3.30. The quantitative estimate of drug-likeness (QED) is 0.722. The molecule has 1 aromatic carbocycles. The molecule has 1 amide bonds. The summed E-state index contributed by atoms with van der Waals surface area (Å²) in [6, 6.07) is 14.1. The number of hydrazone groups is 1. The third-order valence-corrected chi connectivity index (χ3v) is 5.12. The summed E-state index contributed by atoms with van der Waals surface area (Å²) in [5.41, 5.74) is 7.05. The van der Waals surface area contributed by atoms with Gasteiger partial charge in [0.2, 0.25) is 0 Å². The maximum absolute atomic E-state index is 12.6. The molecule has 24 heavy (non-hydrogen) atoms. The minimum atomic E-state index is -0.163. The molecule has 3 aromatic rings. The normalized spacial score (nSPS) is 15.2. The molecule has 0 aliphatic heterocycles. The molecule has 0 fully saturated rings. The van der Waals surface area contributed by atoms with Crippen LogP contribution in [0.3, 0.4) is 0 Å². The van der Waals surface area contributed by atoms with Crippen LogP contribution in [0.1, 0.15) is 33.6 Å². The number of hydrogen-bond donors (Lipinski definition) is 1. The lowest BCUT2D eigenvalue weighted by atomic mass is 9.90. The standard InChI is InChI=1S/C19H17N3OS/c23-19(18-17(10-13-24-18)22-11-3-4-12-22)21-20-16-9-5-7-14-6-1-2-8-15(14)16/h1-4,6,8,10-13H,5,7,9H2,(H,21,23)/b20-16-. The van der Waals surface area contributed by atoms with Crippen LogP contribution in [0.5, 0.6) is 0 Å². The molecule has 4 nitrogen and oxygen atoms in total. The number of nitrogens with one attached hydrogen (secondary N) is 1. The van der Waals surface area contributed by atoms with Crippen molar-refractivity contribution in [1.29, 1.82) is 0 Å². The first-order valence-corrected chi connectivity index (χ1v) is 8.87. The van der Waals surface area contributed by atoms with E-state index in [0.717, 1.165) is 36.2 Å². The van der Waals surface area contributed by atoms with E-state index in [4.69, 9.17) is 0 Å². The average molecular weight is 335 g/mol. The van der Waals surface area contributed by atoms with E-state index in [9.17, 15) is 4.79 Å². The maximum atomic E-state index is 12.6. The van der Waals surface area contributed by atoms with E-state index in [1.807, 2.05) is 46.6 Å². The molecule has 0 unspecified atom stereocenters. The van der Waals surface area contributed by atoms with Gasteiger partial charge in [0.05, 0.1) is 11.4 Å². The zero-order chi connectivity index (χ0) is 16.4. The Labute approximate surface area is 144 Å². The fraction of sp³-hybridized carbons (Fsp3) is 0.158. The first kappa shape index (κ1) is 14.9. The molecular weight excluding hydrogens is 318 g/mol.